The molecule has 0 bridgehead atoms. The number of hydrogen-bond acceptors (Lipinski definition) is 3. The van der Waals surface area contributed by atoms with E-state index in [0.717, 1.165) is 12.1 Å². The molecule has 2 amide bonds. The molecular formula is C18H21ClF2N2O3. The predicted octanol–water partition coefficient (Wildman–Crippen LogP) is 3.41. The highest BCUT2D eigenvalue weighted by atomic mass is 35.5. The summed E-state index contributed by atoms with van der Waals surface area (Å²) in [7, 11) is 0. The Hall–Kier alpha value is -2.02. The number of hydrogen-bond donors (Lipinski definition) is 1. The molecule has 0 radical (unpaired) electrons. The molecule has 1 aromatic rings. The number of likely N-dealkylation sites (tertiary alicyclic amines) is 1. The molecule has 1 aliphatic heterocycles. The number of ketones is 1. The zero-order valence-corrected chi connectivity index (χ0v) is 15.6. The number of benzene rings is 1. The van der Waals surface area contributed by atoms with Crippen LogP contribution < -0.4 is 5.32 Å². The number of nitrogens with zero attached hydrogens (tertiary/aromatic N) is 1. The van der Waals surface area contributed by atoms with E-state index < -0.39 is 40.2 Å². The number of carbonyl (C=O) groups is 3. The molecule has 8 heteroatoms. The van der Waals surface area contributed by atoms with Crippen molar-refractivity contribution in [1.29, 1.82) is 0 Å². The van der Waals surface area contributed by atoms with Crippen molar-refractivity contribution in [2.45, 2.75) is 33.6 Å². The van der Waals surface area contributed by atoms with Gasteiger partial charge in [0.05, 0.1) is 11.6 Å². The third kappa shape index (κ3) is 4.78. The van der Waals surface area contributed by atoms with Crippen LogP contribution in [-0.4, -0.2) is 35.6 Å². The lowest BCUT2D eigenvalue weighted by atomic mass is 9.89. The second-order valence-electron chi connectivity index (χ2n) is 7.61. The van der Waals surface area contributed by atoms with Crippen molar-refractivity contribution in [1.82, 2.24) is 4.90 Å². The van der Waals surface area contributed by atoms with Gasteiger partial charge in [0.15, 0.2) is 5.82 Å². The van der Waals surface area contributed by atoms with Gasteiger partial charge in [0.1, 0.15) is 10.8 Å². The van der Waals surface area contributed by atoms with E-state index in [-0.39, 0.29) is 30.6 Å². The molecule has 1 aromatic carbocycles. The Morgan fingerprint density at radius 1 is 1.27 bits per heavy atom. The van der Waals surface area contributed by atoms with Crippen LogP contribution in [-0.2, 0) is 14.4 Å². The smallest absolute Gasteiger partial charge is 0.289 e. The van der Waals surface area contributed by atoms with Crippen LogP contribution in [0.25, 0.3) is 0 Å². The van der Waals surface area contributed by atoms with Gasteiger partial charge in [0, 0.05) is 19.5 Å². The fraction of sp³-hybridized carbons (Fsp3) is 0.500. The third-order valence-corrected chi connectivity index (χ3v) is 4.42. The molecule has 0 unspecified atom stereocenters. The molecule has 1 fully saturated rings. The molecule has 0 spiro atoms. The standard InChI is InChI=1S/C18H21ClF2N2O3/c1-18(2,3)8-13(24)17(26)23-7-6-10(9-23)16(25)22-12-5-4-11(20)14(19)15(12)21/h4-5,10H,6-9H2,1-3H3,(H,22,25)/t10-/m0/s1. The van der Waals surface area contributed by atoms with Gasteiger partial charge >= 0.3 is 0 Å². The number of carbonyl (C=O) groups excluding carboxylic acids is 3. The summed E-state index contributed by atoms with van der Waals surface area (Å²) in [4.78, 5) is 37.9. The van der Waals surface area contributed by atoms with Crippen molar-refractivity contribution >= 4 is 34.9 Å². The van der Waals surface area contributed by atoms with Gasteiger partial charge in [-0.25, -0.2) is 8.78 Å². The van der Waals surface area contributed by atoms with Crippen LogP contribution in [0, 0.1) is 23.0 Å². The Labute approximate surface area is 155 Å². The number of Topliss-reactive ketones (excluding diaryl/α,β-unsaturated/α-hetero) is 1. The molecule has 0 saturated carbocycles. The van der Waals surface area contributed by atoms with E-state index >= 15 is 0 Å². The first-order valence-electron chi connectivity index (χ1n) is 8.26. The lowest BCUT2D eigenvalue weighted by molar-refractivity contribution is -0.145. The lowest BCUT2D eigenvalue weighted by Gasteiger charge is -2.20. The van der Waals surface area contributed by atoms with Gasteiger partial charge in [-0.2, -0.15) is 0 Å². The fourth-order valence-corrected chi connectivity index (χ4v) is 2.91. The average molecular weight is 387 g/mol. The minimum absolute atomic E-state index is 0.0805. The van der Waals surface area contributed by atoms with Crippen molar-refractivity contribution in [2.24, 2.45) is 11.3 Å². The van der Waals surface area contributed by atoms with Crippen molar-refractivity contribution < 1.29 is 23.2 Å². The molecule has 26 heavy (non-hydrogen) atoms. The van der Waals surface area contributed by atoms with Crippen LogP contribution in [0.15, 0.2) is 12.1 Å². The van der Waals surface area contributed by atoms with E-state index in [9.17, 15) is 23.2 Å². The monoisotopic (exact) mass is 386 g/mol. The Morgan fingerprint density at radius 2 is 1.92 bits per heavy atom. The molecule has 1 atom stereocenters. The summed E-state index contributed by atoms with van der Waals surface area (Å²) in [5.41, 5.74) is -0.530. The van der Waals surface area contributed by atoms with E-state index in [0.29, 0.717) is 6.42 Å². The molecule has 0 aliphatic carbocycles. The molecule has 1 heterocycles. The highest BCUT2D eigenvalue weighted by Crippen LogP contribution is 2.27. The van der Waals surface area contributed by atoms with Gasteiger partial charge in [-0.3, -0.25) is 14.4 Å². The SMILES string of the molecule is CC(C)(C)CC(=O)C(=O)N1CC[C@H](C(=O)Nc2ccc(F)c(Cl)c2F)C1. The molecule has 142 valence electrons. The van der Waals surface area contributed by atoms with Gasteiger partial charge in [-0.05, 0) is 24.0 Å². The van der Waals surface area contributed by atoms with E-state index in [1.54, 1.807) is 0 Å². The third-order valence-electron chi connectivity index (χ3n) is 4.07. The summed E-state index contributed by atoms with van der Waals surface area (Å²) in [6.07, 6.45) is 0.482. The molecule has 1 aliphatic rings. The summed E-state index contributed by atoms with van der Waals surface area (Å²) in [5.74, 6) is -4.15. The fourth-order valence-electron chi connectivity index (χ4n) is 2.75. The van der Waals surface area contributed by atoms with Crippen LogP contribution in [0.2, 0.25) is 5.02 Å². The van der Waals surface area contributed by atoms with Crippen molar-refractivity contribution in [2.75, 3.05) is 18.4 Å². The first kappa shape index (κ1) is 20.3. The largest absolute Gasteiger partial charge is 0.335 e. The summed E-state index contributed by atoms with van der Waals surface area (Å²) in [6, 6.07) is 2.04. The van der Waals surface area contributed by atoms with Crippen molar-refractivity contribution in [3.8, 4) is 0 Å². The maximum atomic E-state index is 13.9. The number of anilines is 1. The Morgan fingerprint density at radius 3 is 2.54 bits per heavy atom. The number of halogens is 3. The number of nitrogens with one attached hydrogen (secondary N) is 1. The van der Waals surface area contributed by atoms with Crippen LogP contribution in [0.4, 0.5) is 14.5 Å². The Balaban J connectivity index is 1.98. The lowest BCUT2D eigenvalue weighted by Crippen LogP contribution is -2.37. The van der Waals surface area contributed by atoms with Gasteiger partial charge < -0.3 is 10.2 Å². The molecular weight excluding hydrogens is 366 g/mol. The molecule has 0 aromatic heterocycles. The zero-order chi connectivity index (χ0) is 19.6. The maximum Gasteiger partial charge on any atom is 0.289 e. The van der Waals surface area contributed by atoms with E-state index in [1.807, 2.05) is 20.8 Å². The zero-order valence-electron chi connectivity index (χ0n) is 14.9. The predicted molar refractivity (Wildman–Crippen MR) is 93.8 cm³/mol. The van der Waals surface area contributed by atoms with E-state index in [1.165, 1.54) is 4.90 Å². The minimum atomic E-state index is -1.05. The summed E-state index contributed by atoms with van der Waals surface area (Å²) in [6.45, 7) is 5.94. The summed E-state index contributed by atoms with van der Waals surface area (Å²) in [5, 5.41) is 1.66. The van der Waals surface area contributed by atoms with Crippen molar-refractivity contribution in [3.63, 3.8) is 0 Å². The number of rotatable bonds is 4. The molecule has 2 rings (SSSR count). The summed E-state index contributed by atoms with van der Waals surface area (Å²) < 4.78 is 27.1. The van der Waals surface area contributed by atoms with Gasteiger partial charge in [0.2, 0.25) is 11.7 Å². The Kier molecular flexibility index (Phi) is 6.01. The molecule has 1 N–H and O–H groups in total. The van der Waals surface area contributed by atoms with Crippen LogP contribution in [0.1, 0.15) is 33.6 Å². The topological polar surface area (TPSA) is 66.5 Å². The Bertz CT molecular complexity index is 747. The van der Waals surface area contributed by atoms with E-state index in [4.69, 9.17) is 11.6 Å². The van der Waals surface area contributed by atoms with Gasteiger partial charge in [0.25, 0.3) is 5.91 Å². The highest BCUT2D eigenvalue weighted by molar-refractivity contribution is 6.36. The van der Waals surface area contributed by atoms with Crippen LogP contribution in [0.5, 0.6) is 0 Å². The normalized spacial score (nSPS) is 17.3. The second kappa shape index (κ2) is 7.70. The van der Waals surface area contributed by atoms with Gasteiger partial charge in [-0.15, -0.1) is 0 Å². The van der Waals surface area contributed by atoms with E-state index in [2.05, 4.69) is 5.32 Å². The molecule has 1 saturated heterocycles. The van der Waals surface area contributed by atoms with Crippen LogP contribution in [0.3, 0.4) is 0 Å². The van der Waals surface area contributed by atoms with Gasteiger partial charge in [-0.1, -0.05) is 32.4 Å². The maximum absolute atomic E-state index is 13.9. The minimum Gasteiger partial charge on any atom is -0.335 e. The summed E-state index contributed by atoms with van der Waals surface area (Å²) >= 11 is 5.49. The quantitative estimate of drug-likeness (QED) is 0.637. The first-order chi connectivity index (χ1) is 12.0. The second-order valence-corrected chi connectivity index (χ2v) is 7.99. The number of amides is 2. The highest BCUT2D eigenvalue weighted by Gasteiger charge is 2.35. The average Bonchev–Trinajstić information content (AvgIpc) is 3.03. The first-order valence-corrected chi connectivity index (χ1v) is 8.64. The van der Waals surface area contributed by atoms with Crippen LogP contribution >= 0.6 is 11.6 Å². The molecule has 5 nitrogen and oxygen atoms in total. The van der Waals surface area contributed by atoms with Crippen molar-refractivity contribution in [3.05, 3.63) is 28.8 Å².